The van der Waals surface area contributed by atoms with Crippen molar-refractivity contribution >= 4 is 39.5 Å². The molecule has 0 saturated carbocycles. The van der Waals surface area contributed by atoms with Crippen LogP contribution in [0.4, 0.5) is 11.5 Å². The van der Waals surface area contributed by atoms with E-state index in [1.165, 1.54) is 6.42 Å². The molecule has 1 N–H and O–H groups in total. The van der Waals surface area contributed by atoms with Crippen molar-refractivity contribution in [2.45, 2.75) is 26.2 Å². The Balaban J connectivity index is 1.63. The summed E-state index contributed by atoms with van der Waals surface area (Å²) < 4.78 is 6.11. The van der Waals surface area contributed by atoms with Gasteiger partial charge in [0.2, 0.25) is 5.82 Å². The van der Waals surface area contributed by atoms with Crippen LogP contribution in [-0.2, 0) is 0 Å². The number of para-hydroxylation sites is 1. The number of rotatable bonds is 3. The molecule has 0 aliphatic carbocycles. The van der Waals surface area contributed by atoms with Crippen molar-refractivity contribution in [3.8, 4) is 0 Å². The first-order valence-electron chi connectivity index (χ1n) is 10.0. The first-order chi connectivity index (χ1) is 14.2. The topological polar surface area (TPSA) is 71.3 Å². The van der Waals surface area contributed by atoms with E-state index in [1.54, 1.807) is 0 Å². The molecule has 0 bridgehead atoms. The van der Waals surface area contributed by atoms with E-state index in [0.29, 0.717) is 16.9 Å². The maximum Gasteiger partial charge on any atom is 0.293 e. The van der Waals surface area contributed by atoms with E-state index in [2.05, 4.69) is 20.2 Å². The monoisotopic (exact) mass is 386 g/mol. The van der Waals surface area contributed by atoms with E-state index in [0.717, 1.165) is 48.2 Å². The Morgan fingerprint density at radius 1 is 1.03 bits per heavy atom. The van der Waals surface area contributed by atoms with E-state index in [-0.39, 0.29) is 11.7 Å². The summed E-state index contributed by atoms with van der Waals surface area (Å²) >= 11 is 0. The quantitative estimate of drug-likeness (QED) is 0.541. The number of hydrogen-bond acceptors (Lipinski definition) is 5. The van der Waals surface area contributed by atoms with Gasteiger partial charge < -0.3 is 14.6 Å². The number of piperidine rings is 1. The Kier molecular flexibility index (Phi) is 4.39. The average Bonchev–Trinajstić information content (AvgIpc) is 3.12. The first-order valence-corrected chi connectivity index (χ1v) is 10.0. The smallest absolute Gasteiger partial charge is 0.293 e. The van der Waals surface area contributed by atoms with Gasteiger partial charge in [-0.15, -0.1) is 0 Å². The summed E-state index contributed by atoms with van der Waals surface area (Å²) in [5.74, 6) is 0.549. The fourth-order valence-corrected chi connectivity index (χ4v) is 3.91. The summed E-state index contributed by atoms with van der Waals surface area (Å²) in [6.45, 7) is 3.80. The van der Waals surface area contributed by atoms with Crippen molar-refractivity contribution in [2.24, 2.45) is 0 Å². The molecule has 6 heteroatoms. The third-order valence-electron chi connectivity index (χ3n) is 5.34. The van der Waals surface area contributed by atoms with Crippen molar-refractivity contribution < 1.29 is 9.21 Å². The van der Waals surface area contributed by atoms with Crippen molar-refractivity contribution in [2.75, 3.05) is 23.3 Å². The van der Waals surface area contributed by atoms with Gasteiger partial charge in [0.25, 0.3) is 5.91 Å². The molecule has 6 nitrogen and oxygen atoms in total. The highest BCUT2D eigenvalue weighted by molar-refractivity contribution is 6.09. The largest absolute Gasteiger partial charge is 0.450 e. The van der Waals surface area contributed by atoms with Gasteiger partial charge >= 0.3 is 0 Å². The second kappa shape index (κ2) is 7.20. The molecule has 0 spiro atoms. The van der Waals surface area contributed by atoms with Crippen LogP contribution in [0.1, 0.15) is 35.4 Å². The number of fused-ring (bicyclic) bond motifs is 3. The standard InChI is InChI=1S/C23H22N4O2/c1-15-8-7-9-16(14-15)24-23(28)21-25-19-17-10-3-4-11-18(17)29-20(19)22(26-21)27-12-5-2-6-13-27/h3-4,7-11,14H,2,5-6,12-13H2,1H3,(H,24,28). The number of carbonyl (C=O) groups is 1. The van der Waals surface area contributed by atoms with Crippen molar-refractivity contribution in [3.63, 3.8) is 0 Å². The summed E-state index contributed by atoms with van der Waals surface area (Å²) in [5.41, 5.74) is 3.90. The van der Waals surface area contributed by atoms with E-state index in [1.807, 2.05) is 55.5 Å². The van der Waals surface area contributed by atoms with Gasteiger partial charge in [0.1, 0.15) is 11.1 Å². The molecule has 0 radical (unpaired) electrons. The summed E-state index contributed by atoms with van der Waals surface area (Å²) in [5, 5.41) is 3.82. The predicted octanol–water partition coefficient (Wildman–Crippen LogP) is 4.93. The fourth-order valence-electron chi connectivity index (χ4n) is 3.91. The van der Waals surface area contributed by atoms with Gasteiger partial charge in [-0.25, -0.2) is 9.97 Å². The van der Waals surface area contributed by atoms with Crippen LogP contribution in [0, 0.1) is 6.92 Å². The third-order valence-corrected chi connectivity index (χ3v) is 5.34. The molecule has 1 aliphatic heterocycles. The summed E-state index contributed by atoms with van der Waals surface area (Å²) in [6.07, 6.45) is 3.43. The molecule has 5 rings (SSSR count). The zero-order valence-corrected chi connectivity index (χ0v) is 16.3. The molecule has 2 aromatic heterocycles. The van der Waals surface area contributed by atoms with Crippen LogP contribution in [0.25, 0.3) is 22.1 Å². The van der Waals surface area contributed by atoms with E-state index < -0.39 is 0 Å². The van der Waals surface area contributed by atoms with Gasteiger partial charge in [0, 0.05) is 24.2 Å². The molecule has 29 heavy (non-hydrogen) atoms. The highest BCUT2D eigenvalue weighted by Crippen LogP contribution is 2.34. The maximum absolute atomic E-state index is 13.0. The number of furan rings is 1. The number of aryl methyl sites for hydroxylation is 1. The molecule has 1 saturated heterocycles. The minimum Gasteiger partial charge on any atom is -0.450 e. The summed E-state index contributed by atoms with van der Waals surface area (Å²) in [6, 6.07) is 15.5. The van der Waals surface area contributed by atoms with Crippen molar-refractivity contribution in [3.05, 3.63) is 59.9 Å². The Hall–Kier alpha value is -3.41. The van der Waals surface area contributed by atoms with Gasteiger partial charge in [-0.05, 0) is 56.0 Å². The predicted molar refractivity (Wildman–Crippen MR) is 115 cm³/mol. The SMILES string of the molecule is Cc1cccc(NC(=O)c2nc(N3CCCCC3)c3oc4ccccc4c3n2)c1. The lowest BCUT2D eigenvalue weighted by atomic mass is 10.1. The molecule has 1 aliphatic rings. The number of carbonyl (C=O) groups excluding carboxylic acids is 1. The minimum absolute atomic E-state index is 0.158. The van der Waals surface area contributed by atoms with Crippen LogP contribution in [0.5, 0.6) is 0 Å². The van der Waals surface area contributed by atoms with Crippen LogP contribution < -0.4 is 10.2 Å². The summed E-state index contributed by atoms with van der Waals surface area (Å²) in [4.78, 5) is 24.4. The molecule has 146 valence electrons. The number of aromatic nitrogens is 2. The second-order valence-electron chi connectivity index (χ2n) is 7.52. The van der Waals surface area contributed by atoms with E-state index in [4.69, 9.17) is 4.42 Å². The lowest BCUT2D eigenvalue weighted by molar-refractivity contribution is 0.101. The van der Waals surface area contributed by atoms with Crippen LogP contribution in [0.15, 0.2) is 52.9 Å². The highest BCUT2D eigenvalue weighted by atomic mass is 16.3. The molecule has 0 atom stereocenters. The number of hydrogen-bond donors (Lipinski definition) is 1. The lowest BCUT2D eigenvalue weighted by Crippen LogP contribution is -2.31. The number of nitrogens with one attached hydrogen (secondary N) is 1. The second-order valence-corrected chi connectivity index (χ2v) is 7.52. The normalized spacial score (nSPS) is 14.4. The number of anilines is 2. The van der Waals surface area contributed by atoms with Gasteiger partial charge in [-0.2, -0.15) is 0 Å². The van der Waals surface area contributed by atoms with Crippen LogP contribution in [0.3, 0.4) is 0 Å². The molecule has 3 heterocycles. The minimum atomic E-state index is -0.318. The van der Waals surface area contributed by atoms with E-state index in [9.17, 15) is 4.79 Å². The molecular formula is C23H22N4O2. The van der Waals surface area contributed by atoms with Crippen LogP contribution in [0.2, 0.25) is 0 Å². The number of benzene rings is 2. The van der Waals surface area contributed by atoms with Gasteiger partial charge in [0.15, 0.2) is 11.4 Å². The fraction of sp³-hybridized carbons (Fsp3) is 0.261. The zero-order valence-electron chi connectivity index (χ0n) is 16.3. The lowest BCUT2D eigenvalue weighted by Gasteiger charge is -2.27. The first kappa shape index (κ1) is 17.7. The molecule has 2 aromatic carbocycles. The number of amides is 1. The molecule has 0 unspecified atom stereocenters. The Morgan fingerprint density at radius 3 is 2.69 bits per heavy atom. The Bertz CT molecular complexity index is 1210. The van der Waals surface area contributed by atoms with Crippen LogP contribution in [-0.4, -0.2) is 29.0 Å². The van der Waals surface area contributed by atoms with Gasteiger partial charge in [0.05, 0.1) is 0 Å². The Morgan fingerprint density at radius 2 is 1.86 bits per heavy atom. The van der Waals surface area contributed by atoms with E-state index >= 15 is 0 Å². The zero-order chi connectivity index (χ0) is 19.8. The Labute approximate surface area is 168 Å². The van der Waals surface area contributed by atoms with Crippen LogP contribution >= 0.6 is 0 Å². The maximum atomic E-state index is 13.0. The van der Waals surface area contributed by atoms with Crippen molar-refractivity contribution in [1.29, 1.82) is 0 Å². The van der Waals surface area contributed by atoms with Gasteiger partial charge in [-0.3, -0.25) is 4.79 Å². The number of nitrogens with zero attached hydrogens (tertiary/aromatic N) is 3. The van der Waals surface area contributed by atoms with Crippen molar-refractivity contribution in [1.82, 2.24) is 9.97 Å². The molecular weight excluding hydrogens is 364 g/mol. The molecule has 1 fully saturated rings. The molecule has 4 aromatic rings. The summed E-state index contributed by atoms with van der Waals surface area (Å²) in [7, 11) is 0. The molecule has 1 amide bonds. The van der Waals surface area contributed by atoms with Gasteiger partial charge in [-0.1, -0.05) is 24.3 Å². The third kappa shape index (κ3) is 3.31. The highest BCUT2D eigenvalue weighted by Gasteiger charge is 2.23. The average molecular weight is 386 g/mol.